The van der Waals surface area contributed by atoms with Gasteiger partial charge in [0.25, 0.3) is 5.91 Å². The van der Waals surface area contributed by atoms with E-state index in [0.29, 0.717) is 18.7 Å². The topological polar surface area (TPSA) is 121 Å². The molecule has 10 heteroatoms. The number of fused-ring (bicyclic) bond motifs is 1. The largest absolute Gasteiger partial charge is 0.491 e. The van der Waals surface area contributed by atoms with Crippen molar-refractivity contribution in [3.8, 4) is 5.75 Å². The highest BCUT2D eigenvalue weighted by atomic mass is 16.5. The zero-order chi connectivity index (χ0) is 25.2. The molecule has 0 fully saturated rings. The number of rotatable bonds is 4. The first kappa shape index (κ1) is 25.7. The van der Waals surface area contributed by atoms with Crippen LogP contribution in [0.15, 0.2) is 48.7 Å². The van der Waals surface area contributed by atoms with E-state index in [-0.39, 0.29) is 49.9 Å². The van der Waals surface area contributed by atoms with E-state index in [0.717, 1.165) is 5.69 Å². The Morgan fingerprint density at radius 3 is 2.63 bits per heavy atom. The highest BCUT2D eigenvalue weighted by Gasteiger charge is 2.25. The van der Waals surface area contributed by atoms with Gasteiger partial charge in [-0.25, -0.2) is 0 Å². The molecule has 0 unspecified atom stereocenters. The highest BCUT2D eigenvalue weighted by molar-refractivity contribution is 5.99. The van der Waals surface area contributed by atoms with E-state index in [2.05, 4.69) is 15.6 Å². The van der Waals surface area contributed by atoms with Crippen molar-refractivity contribution in [1.29, 1.82) is 0 Å². The Morgan fingerprint density at radius 2 is 1.86 bits per heavy atom. The number of ether oxygens (including phenoxy) is 1. The minimum Gasteiger partial charge on any atom is -0.491 e. The molecule has 1 aliphatic rings. The summed E-state index contributed by atoms with van der Waals surface area (Å²) in [5, 5.41) is 5.57. The number of para-hydroxylation sites is 1. The molecule has 35 heavy (non-hydrogen) atoms. The molecular formula is C25H31N5O5. The lowest BCUT2D eigenvalue weighted by Gasteiger charge is -2.22. The van der Waals surface area contributed by atoms with Crippen LogP contribution >= 0.6 is 0 Å². The molecule has 0 spiro atoms. The van der Waals surface area contributed by atoms with Gasteiger partial charge in [0.2, 0.25) is 17.7 Å². The van der Waals surface area contributed by atoms with Crippen LogP contribution in [0.1, 0.15) is 28.9 Å². The molecule has 2 N–H and O–H groups in total. The SMILES string of the molecule is CN1CCOc2ccccc2C(=O)N[C@H](C(=O)NCCc2ccccn2)CCC(=O)N(C)CC1=O. The first-order valence-electron chi connectivity index (χ1n) is 11.5. The summed E-state index contributed by atoms with van der Waals surface area (Å²) >= 11 is 0. The fraction of sp³-hybridized carbons (Fsp3) is 0.400. The van der Waals surface area contributed by atoms with Gasteiger partial charge in [0.15, 0.2) is 0 Å². The lowest BCUT2D eigenvalue weighted by atomic mass is 10.1. The van der Waals surface area contributed by atoms with Crippen LogP contribution in [0.2, 0.25) is 0 Å². The van der Waals surface area contributed by atoms with Gasteiger partial charge in [0.05, 0.1) is 18.7 Å². The third-order valence-electron chi connectivity index (χ3n) is 5.72. The van der Waals surface area contributed by atoms with Crippen LogP contribution in [0, 0.1) is 0 Å². The molecule has 0 saturated carbocycles. The van der Waals surface area contributed by atoms with Crippen LogP contribution in [0.4, 0.5) is 0 Å². The summed E-state index contributed by atoms with van der Waals surface area (Å²) in [5.41, 5.74) is 1.10. The Labute approximate surface area is 204 Å². The van der Waals surface area contributed by atoms with Crippen molar-refractivity contribution in [3.63, 3.8) is 0 Å². The lowest BCUT2D eigenvalue weighted by Crippen LogP contribution is -2.48. The van der Waals surface area contributed by atoms with E-state index in [1.807, 2.05) is 18.2 Å². The number of hydrogen-bond donors (Lipinski definition) is 2. The van der Waals surface area contributed by atoms with Gasteiger partial charge < -0.3 is 25.2 Å². The summed E-state index contributed by atoms with van der Waals surface area (Å²) in [6, 6.07) is 11.3. The average molecular weight is 482 g/mol. The zero-order valence-electron chi connectivity index (χ0n) is 20.0. The molecule has 1 aromatic heterocycles. The molecule has 3 rings (SSSR count). The van der Waals surface area contributed by atoms with Crippen LogP contribution in [0.5, 0.6) is 5.75 Å². The maximum absolute atomic E-state index is 13.1. The molecular weight excluding hydrogens is 450 g/mol. The maximum Gasteiger partial charge on any atom is 0.255 e. The standard InChI is InChI=1S/C25H31N5O5/c1-29-15-16-35-21-9-4-3-8-19(21)24(33)28-20(10-11-22(31)30(2)17-23(29)32)25(34)27-14-12-18-7-5-6-13-26-18/h3-9,13,20H,10-12,14-17H2,1-2H3,(H,27,34)(H,28,33)/t20-/m0/s1. The highest BCUT2D eigenvalue weighted by Crippen LogP contribution is 2.18. The van der Waals surface area contributed by atoms with Crippen molar-refractivity contribution < 1.29 is 23.9 Å². The van der Waals surface area contributed by atoms with Crippen LogP contribution in [0.3, 0.4) is 0 Å². The number of nitrogens with one attached hydrogen (secondary N) is 2. The number of carbonyl (C=O) groups excluding carboxylic acids is 4. The van der Waals surface area contributed by atoms with Gasteiger partial charge in [0, 0.05) is 45.4 Å². The summed E-state index contributed by atoms with van der Waals surface area (Å²) in [7, 11) is 3.17. The first-order valence-corrected chi connectivity index (χ1v) is 11.5. The fourth-order valence-corrected chi connectivity index (χ4v) is 3.56. The summed E-state index contributed by atoms with van der Waals surface area (Å²) in [4.78, 5) is 58.2. The Hall–Kier alpha value is -3.95. The number of nitrogens with zero attached hydrogens (tertiary/aromatic N) is 3. The van der Waals surface area contributed by atoms with Gasteiger partial charge in [-0.05, 0) is 30.7 Å². The number of benzene rings is 1. The van der Waals surface area contributed by atoms with E-state index in [1.165, 1.54) is 9.80 Å². The molecule has 1 aromatic carbocycles. The normalized spacial score (nSPS) is 18.0. The predicted molar refractivity (Wildman–Crippen MR) is 129 cm³/mol. The van der Waals surface area contributed by atoms with Crippen LogP contribution < -0.4 is 15.4 Å². The molecule has 0 aliphatic carbocycles. The molecule has 0 bridgehead atoms. The molecule has 10 nitrogen and oxygen atoms in total. The minimum absolute atomic E-state index is 0.00967. The van der Waals surface area contributed by atoms with E-state index in [1.54, 1.807) is 44.6 Å². The van der Waals surface area contributed by atoms with Crippen molar-refractivity contribution in [2.75, 3.05) is 40.3 Å². The summed E-state index contributed by atoms with van der Waals surface area (Å²) < 4.78 is 5.77. The molecule has 0 radical (unpaired) electrons. The third kappa shape index (κ3) is 7.53. The maximum atomic E-state index is 13.1. The van der Waals surface area contributed by atoms with Gasteiger partial charge in [-0.3, -0.25) is 24.2 Å². The second kappa shape index (κ2) is 12.5. The van der Waals surface area contributed by atoms with Gasteiger partial charge in [-0.2, -0.15) is 0 Å². The van der Waals surface area contributed by atoms with E-state index in [9.17, 15) is 19.2 Å². The fourth-order valence-electron chi connectivity index (χ4n) is 3.56. The molecule has 0 saturated heterocycles. The van der Waals surface area contributed by atoms with Gasteiger partial charge in [0.1, 0.15) is 18.4 Å². The van der Waals surface area contributed by atoms with Gasteiger partial charge >= 0.3 is 0 Å². The number of pyridine rings is 1. The molecule has 1 atom stereocenters. The monoisotopic (exact) mass is 481 g/mol. The summed E-state index contributed by atoms with van der Waals surface area (Å²) in [6.07, 6.45) is 2.28. The second-order valence-electron chi connectivity index (χ2n) is 8.34. The van der Waals surface area contributed by atoms with Gasteiger partial charge in [-0.1, -0.05) is 18.2 Å². The average Bonchev–Trinajstić information content (AvgIpc) is 2.86. The van der Waals surface area contributed by atoms with E-state index < -0.39 is 17.9 Å². The smallest absolute Gasteiger partial charge is 0.255 e. The van der Waals surface area contributed by atoms with Crippen molar-refractivity contribution in [3.05, 3.63) is 59.9 Å². The van der Waals surface area contributed by atoms with Gasteiger partial charge in [-0.15, -0.1) is 0 Å². The zero-order valence-corrected chi connectivity index (χ0v) is 20.0. The number of likely N-dealkylation sites (N-methyl/N-ethyl adjacent to an activating group) is 2. The number of carbonyl (C=O) groups is 4. The van der Waals surface area contributed by atoms with Crippen molar-refractivity contribution in [2.45, 2.75) is 25.3 Å². The predicted octanol–water partition coefficient (Wildman–Crippen LogP) is 0.628. The number of amides is 4. The third-order valence-corrected chi connectivity index (χ3v) is 5.72. The lowest BCUT2D eigenvalue weighted by molar-refractivity contribution is -0.139. The van der Waals surface area contributed by atoms with Crippen LogP contribution in [-0.2, 0) is 20.8 Å². The van der Waals surface area contributed by atoms with Crippen molar-refractivity contribution >= 4 is 23.6 Å². The number of hydrogen-bond acceptors (Lipinski definition) is 6. The molecule has 186 valence electrons. The Morgan fingerprint density at radius 1 is 1.09 bits per heavy atom. The Bertz CT molecular complexity index is 1050. The van der Waals surface area contributed by atoms with Crippen molar-refractivity contribution in [1.82, 2.24) is 25.4 Å². The van der Waals surface area contributed by atoms with E-state index >= 15 is 0 Å². The Balaban J connectivity index is 1.76. The molecule has 2 aromatic rings. The second-order valence-corrected chi connectivity index (χ2v) is 8.34. The van der Waals surface area contributed by atoms with Crippen LogP contribution in [-0.4, -0.2) is 84.8 Å². The quantitative estimate of drug-likeness (QED) is 0.661. The number of aromatic nitrogens is 1. The summed E-state index contributed by atoms with van der Waals surface area (Å²) in [5.74, 6) is -1.05. The molecule has 2 heterocycles. The molecule has 4 amide bonds. The molecule has 1 aliphatic heterocycles. The van der Waals surface area contributed by atoms with Crippen molar-refractivity contribution in [2.24, 2.45) is 0 Å². The van der Waals surface area contributed by atoms with Crippen LogP contribution in [0.25, 0.3) is 0 Å². The first-order chi connectivity index (χ1) is 16.8. The van der Waals surface area contributed by atoms with E-state index in [4.69, 9.17) is 4.74 Å². The summed E-state index contributed by atoms with van der Waals surface area (Å²) in [6.45, 7) is 0.704. The Kier molecular flexibility index (Phi) is 9.16. The minimum atomic E-state index is -0.944.